The Bertz CT molecular complexity index is 1680. The molecule has 31 heavy (non-hydrogen) atoms. The van der Waals surface area contributed by atoms with Crippen LogP contribution in [-0.2, 0) is 13.6 Å². The van der Waals surface area contributed by atoms with Gasteiger partial charge in [-0.3, -0.25) is 9.78 Å². The van der Waals surface area contributed by atoms with Crippen molar-refractivity contribution < 1.29 is 4.57 Å². The number of nitrogens with one attached hydrogen (secondary N) is 1. The first-order chi connectivity index (χ1) is 14.8. The van der Waals surface area contributed by atoms with Gasteiger partial charge in [0.2, 0.25) is 0 Å². The molecule has 6 aromatic rings. The fourth-order valence-corrected chi connectivity index (χ4v) is 7.34. The summed E-state index contributed by atoms with van der Waals surface area (Å²) in [6, 6.07) is 4.51. The minimum Gasteiger partial charge on any atom is -0.281 e. The van der Waals surface area contributed by atoms with Crippen LogP contribution in [0.25, 0.3) is 40.9 Å². The summed E-state index contributed by atoms with van der Waals surface area (Å²) in [5.74, 6) is 0. The van der Waals surface area contributed by atoms with Crippen molar-refractivity contribution in [3.05, 3.63) is 46.0 Å². The van der Waals surface area contributed by atoms with Crippen molar-refractivity contribution in [2.75, 3.05) is 0 Å². The first-order valence-corrected chi connectivity index (χ1v) is 12.0. The first-order valence-electron chi connectivity index (χ1n) is 10.3. The number of thiophene rings is 2. The fraction of sp³-hybridized carbons (Fsp3) is 0.304. The van der Waals surface area contributed by atoms with Gasteiger partial charge in [-0.15, -0.1) is 11.3 Å². The Kier molecular flexibility index (Phi) is 3.86. The molecule has 0 saturated heterocycles. The highest BCUT2D eigenvalue weighted by Crippen LogP contribution is 2.38. The van der Waals surface area contributed by atoms with Crippen LogP contribution in [0.2, 0.25) is 0 Å². The molecule has 0 aliphatic carbocycles. The molecule has 1 N–H and O–H groups in total. The number of aromatic amines is 1. The SMILES string of the molecule is Cc1cc(C[n+]2c(C)cc(C)c3c4c(sc32)c(C)nn4C)c2c(n1)sc1c(C)[nH]nc12. The van der Waals surface area contributed by atoms with Crippen molar-refractivity contribution in [2.45, 2.75) is 41.2 Å². The van der Waals surface area contributed by atoms with E-state index in [2.05, 4.69) is 66.6 Å². The summed E-state index contributed by atoms with van der Waals surface area (Å²) < 4.78 is 6.95. The number of fused-ring (bicyclic) bond motifs is 6. The molecule has 156 valence electrons. The van der Waals surface area contributed by atoms with Gasteiger partial charge in [0.25, 0.3) is 4.83 Å². The standard InChI is InChI=1S/C23H23N6S2/c1-10-7-12(3)29(23-16(10)19-21(31-23)14(5)27-28(19)6)9-15-8-11(2)24-22-17(15)18-20(30-22)13(4)25-26-18/h7-8H,9H2,1-6H3,(H,25,26)/q+1. The first kappa shape index (κ1) is 18.9. The normalized spacial score (nSPS) is 12.3. The summed E-state index contributed by atoms with van der Waals surface area (Å²) in [6.07, 6.45) is 0. The van der Waals surface area contributed by atoms with Gasteiger partial charge in [0.1, 0.15) is 10.3 Å². The van der Waals surface area contributed by atoms with Gasteiger partial charge in [-0.2, -0.15) is 14.8 Å². The Balaban J connectivity index is 1.66. The van der Waals surface area contributed by atoms with E-state index < -0.39 is 0 Å². The number of nitrogens with zero attached hydrogens (tertiary/aromatic N) is 5. The number of H-pyrrole nitrogens is 1. The number of rotatable bonds is 2. The van der Waals surface area contributed by atoms with Crippen LogP contribution < -0.4 is 4.57 Å². The Morgan fingerprint density at radius 1 is 1.03 bits per heavy atom. The molecule has 0 aliphatic rings. The van der Waals surface area contributed by atoms with Crippen molar-refractivity contribution in [1.29, 1.82) is 0 Å². The Labute approximate surface area is 187 Å². The molecule has 0 atom stereocenters. The topological polar surface area (TPSA) is 63.3 Å². The van der Waals surface area contributed by atoms with Crippen molar-refractivity contribution in [1.82, 2.24) is 25.0 Å². The third-order valence-corrected chi connectivity index (χ3v) is 8.66. The molecule has 0 saturated carbocycles. The van der Waals surface area contributed by atoms with Crippen molar-refractivity contribution in [3.8, 4) is 0 Å². The van der Waals surface area contributed by atoms with Crippen LogP contribution in [0.5, 0.6) is 0 Å². The number of hydrogen-bond acceptors (Lipinski definition) is 5. The van der Waals surface area contributed by atoms with Crippen molar-refractivity contribution in [2.24, 2.45) is 7.05 Å². The summed E-state index contributed by atoms with van der Waals surface area (Å²) >= 11 is 3.58. The lowest BCUT2D eigenvalue weighted by molar-refractivity contribution is -0.666. The Hall–Kier alpha value is -2.84. The van der Waals surface area contributed by atoms with E-state index >= 15 is 0 Å². The van der Waals surface area contributed by atoms with E-state index in [1.54, 1.807) is 11.3 Å². The summed E-state index contributed by atoms with van der Waals surface area (Å²) in [4.78, 5) is 7.20. The largest absolute Gasteiger partial charge is 0.281 e. The minimum absolute atomic E-state index is 0.791. The maximum atomic E-state index is 4.82. The summed E-state index contributed by atoms with van der Waals surface area (Å²) in [5, 5.41) is 14.9. The van der Waals surface area contributed by atoms with Gasteiger partial charge in [0, 0.05) is 36.7 Å². The molecule has 0 spiro atoms. The van der Waals surface area contributed by atoms with Gasteiger partial charge in [-0.25, -0.2) is 4.98 Å². The summed E-state index contributed by atoms with van der Waals surface area (Å²) in [5.41, 5.74) is 9.35. The van der Waals surface area contributed by atoms with Crippen molar-refractivity contribution in [3.63, 3.8) is 0 Å². The highest BCUT2D eigenvalue weighted by molar-refractivity contribution is 7.25. The predicted molar refractivity (Wildman–Crippen MR) is 128 cm³/mol. The number of aryl methyl sites for hydroxylation is 6. The second kappa shape index (κ2) is 6.34. The number of hydrogen-bond donors (Lipinski definition) is 1. The molecule has 6 nitrogen and oxygen atoms in total. The van der Waals surface area contributed by atoms with Crippen LogP contribution in [0.1, 0.15) is 33.9 Å². The molecular formula is C23H23N6S2+. The quantitative estimate of drug-likeness (QED) is 0.373. The molecular weight excluding hydrogens is 424 g/mol. The maximum absolute atomic E-state index is 4.82. The minimum atomic E-state index is 0.791. The highest BCUT2D eigenvalue weighted by Gasteiger charge is 2.26. The lowest BCUT2D eigenvalue weighted by atomic mass is 10.1. The molecule has 0 bridgehead atoms. The average molecular weight is 448 g/mol. The van der Waals surface area contributed by atoms with Crippen molar-refractivity contribution >= 4 is 63.5 Å². The zero-order valence-electron chi connectivity index (χ0n) is 18.4. The fourth-order valence-electron chi connectivity index (χ4n) is 4.79. The molecule has 0 unspecified atom stereocenters. The van der Waals surface area contributed by atoms with Gasteiger partial charge >= 0.3 is 0 Å². The number of aromatic nitrogens is 6. The van der Waals surface area contributed by atoms with Gasteiger partial charge in [0.15, 0.2) is 12.2 Å². The molecule has 0 aliphatic heterocycles. The third-order valence-electron chi connectivity index (χ3n) is 6.16. The molecule has 6 rings (SSSR count). The van der Waals surface area contributed by atoms with Crippen LogP contribution >= 0.6 is 22.7 Å². The molecule has 0 radical (unpaired) electrons. The molecule has 0 amide bonds. The molecule has 6 aromatic heterocycles. The average Bonchev–Trinajstić information content (AvgIpc) is 3.42. The smallest absolute Gasteiger partial charge is 0.272 e. The van der Waals surface area contributed by atoms with Crippen LogP contribution in [-0.4, -0.2) is 25.0 Å². The van der Waals surface area contributed by atoms with Gasteiger partial charge < -0.3 is 0 Å². The van der Waals surface area contributed by atoms with Crippen LogP contribution in [0.3, 0.4) is 0 Å². The van der Waals surface area contributed by atoms with E-state index in [1.807, 2.05) is 23.1 Å². The number of pyridine rings is 2. The van der Waals surface area contributed by atoms with E-state index in [9.17, 15) is 0 Å². The zero-order chi connectivity index (χ0) is 21.6. The Morgan fingerprint density at radius 2 is 1.84 bits per heavy atom. The maximum Gasteiger partial charge on any atom is 0.272 e. The van der Waals surface area contributed by atoms with Crippen LogP contribution in [0, 0.1) is 34.6 Å². The van der Waals surface area contributed by atoms with E-state index in [1.165, 1.54) is 47.3 Å². The molecule has 0 fully saturated rings. The van der Waals surface area contributed by atoms with Gasteiger partial charge in [0.05, 0.1) is 31.7 Å². The third kappa shape index (κ3) is 2.55. The van der Waals surface area contributed by atoms with E-state index in [0.717, 1.165) is 34.0 Å². The van der Waals surface area contributed by atoms with E-state index in [0.29, 0.717) is 0 Å². The monoisotopic (exact) mass is 447 g/mol. The van der Waals surface area contributed by atoms with E-state index in [4.69, 9.17) is 4.98 Å². The summed E-state index contributed by atoms with van der Waals surface area (Å²) in [7, 11) is 2.04. The zero-order valence-corrected chi connectivity index (χ0v) is 20.0. The van der Waals surface area contributed by atoms with Gasteiger partial charge in [-0.1, -0.05) is 11.3 Å². The van der Waals surface area contributed by atoms with Crippen LogP contribution in [0.4, 0.5) is 0 Å². The van der Waals surface area contributed by atoms with Crippen LogP contribution in [0.15, 0.2) is 12.1 Å². The van der Waals surface area contributed by atoms with Gasteiger partial charge in [-0.05, 0) is 39.3 Å². The molecule has 6 heterocycles. The summed E-state index contributed by atoms with van der Waals surface area (Å²) in [6.45, 7) is 11.5. The Morgan fingerprint density at radius 3 is 2.65 bits per heavy atom. The molecule has 8 heteroatoms. The molecule has 0 aromatic carbocycles. The lowest BCUT2D eigenvalue weighted by Gasteiger charge is -2.07. The highest BCUT2D eigenvalue weighted by atomic mass is 32.1. The second-order valence-corrected chi connectivity index (χ2v) is 10.5. The predicted octanol–water partition coefficient (Wildman–Crippen LogP) is 5.15. The van der Waals surface area contributed by atoms with E-state index in [-0.39, 0.29) is 0 Å². The second-order valence-electron chi connectivity index (χ2n) is 8.46. The lowest BCUT2D eigenvalue weighted by Crippen LogP contribution is -2.38.